The summed E-state index contributed by atoms with van der Waals surface area (Å²) in [6, 6.07) is 6.48. The van der Waals surface area contributed by atoms with E-state index in [0.29, 0.717) is 12.1 Å². The van der Waals surface area contributed by atoms with Crippen molar-refractivity contribution in [2.75, 3.05) is 13.6 Å². The number of rotatable bonds is 6. The zero-order chi connectivity index (χ0) is 17.0. The molecule has 0 saturated carbocycles. The molecule has 0 aliphatic heterocycles. The molecule has 0 aliphatic carbocycles. The highest BCUT2D eigenvalue weighted by atomic mass is 19.1. The van der Waals surface area contributed by atoms with Gasteiger partial charge in [0.15, 0.2) is 0 Å². The van der Waals surface area contributed by atoms with Gasteiger partial charge in [0.2, 0.25) is 5.91 Å². The lowest BCUT2D eigenvalue weighted by molar-refractivity contribution is -0.122. The highest BCUT2D eigenvalue weighted by Gasteiger charge is 2.17. The lowest BCUT2D eigenvalue weighted by Gasteiger charge is -2.19. The molecule has 0 spiro atoms. The van der Waals surface area contributed by atoms with E-state index >= 15 is 0 Å². The molecule has 0 saturated heterocycles. The van der Waals surface area contributed by atoms with Crippen LogP contribution in [0.15, 0.2) is 24.3 Å². The Morgan fingerprint density at radius 3 is 2.70 bits per heavy atom. The summed E-state index contributed by atoms with van der Waals surface area (Å²) in [6.07, 6.45) is 0. The number of hydrogen-bond acceptors (Lipinski definition) is 3. The van der Waals surface area contributed by atoms with Gasteiger partial charge >= 0.3 is 0 Å². The molecule has 2 rings (SSSR count). The van der Waals surface area contributed by atoms with E-state index in [4.69, 9.17) is 0 Å². The number of carbonyl (C=O) groups excluding carboxylic acids is 1. The maximum absolute atomic E-state index is 13.6. The van der Waals surface area contributed by atoms with Gasteiger partial charge in [-0.1, -0.05) is 18.2 Å². The number of carbonyl (C=O) groups is 1. The summed E-state index contributed by atoms with van der Waals surface area (Å²) >= 11 is 0. The van der Waals surface area contributed by atoms with Gasteiger partial charge in [0.25, 0.3) is 0 Å². The van der Waals surface area contributed by atoms with Crippen LogP contribution in [0.5, 0.6) is 0 Å². The Morgan fingerprint density at radius 2 is 2.09 bits per heavy atom. The zero-order valence-electron chi connectivity index (χ0n) is 14.0. The maximum atomic E-state index is 13.6. The molecule has 6 heteroatoms. The van der Waals surface area contributed by atoms with Crippen molar-refractivity contribution < 1.29 is 9.18 Å². The fourth-order valence-corrected chi connectivity index (χ4v) is 2.78. The number of halogens is 1. The SMILES string of the molecule is Cc1n[nH]c(C)c1[C@@H](C)NC(=O)CN(C)Cc1ccccc1F. The van der Waals surface area contributed by atoms with Crippen molar-refractivity contribution in [3.63, 3.8) is 0 Å². The van der Waals surface area contributed by atoms with Gasteiger partial charge in [0.1, 0.15) is 5.82 Å². The number of H-pyrrole nitrogens is 1. The number of likely N-dealkylation sites (N-methyl/N-ethyl adjacent to an activating group) is 1. The molecule has 2 N–H and O–H groups in total. The van der Waals surface area contributed by atoms with Crippen molar-refractivity contribution >= 4 is 5.91 Å². The van der Waals surface area contributed by atoms with Crippen LogP contribution in [-0.4, -0.2) is 34.6 Å². The van der Waals surface area contributed by atoms with Crippen LogP contribution in [0.3, 0.4) is 0 Å². The van der Waals surface area contributed by atoms with Gasteiger partial charge in [-0.3, -0.25) is 14.8 Å². The third kappa shape index (κ3) is 4.39. The van der Waals surface area contributed by atoms with Gasteiger partial charge in [-0.2, -0.15) is 5.10 Å². The highest BCUT2D eigenvalue weighted by molar-refractivity contribution is 5.78. The maximum Gasteiger partial charge on any atom is 0.234 e. The number of aryl methyl sites for hydroxylation is 2. The monoisotopic (exact) mass is 318 g/mol. The van der Waals surface area contributed by atoms with Crippen LogP contribution in [0.4, 0.5) is 4.39 Å². The second kappa shape index (κ2) is 7.37. The predicted octanol–water partition coefficient (Wildman–Crippen LogP) is 2.47. The van der Waals surface area contributed by atoms with Crippen molar-refractivity contribution in [3.05, 3.63) is 52.6 Å². The first-order chi connectivity index (χ1) is 10.9. The Labute approximate surface area is 135 Å². The minimum atomic E-state index is -0.252. The summed E-state index contributed by atoms with van der Waals surface area (Å²) < 4.78 is 13.6. The van der Waals surface area contributed by atoms with Crippen molar-refractivity contribution in [3.8, 4) is 0 Å². The summed E-state index contributed by atoms with van der Waals surface area (Å²) in [4.78, 5) is 14.0. The topological polar surface area (TPSA) is 61.0 Å². The molecule has 0 unspecified atom stereocenters. The van der Waals surface area contributed by atoms with Crippen LogP contribution in [0, 0.1) is 19.7 Å². The molecule has 1 heterocycles. The smallest absolute Gasteiger partial charge is 0.234 e. The van der Waals surface area contributed by atoms with E-state index in [1.807, 2.05) is 20.8 Å². The van der Waals surface area contributed by atoms with E-state index in [1.165, 1.54) is 6.07 Å². The van der Waals surface area contributed by atoms with Gasteiger partial charge < -0.3 is 5.32 Å². The molecular weight excluding hydrogens is 295 g/mol. The number of aromatic amines is 1. The second-order valence-corrected chi connectivity index (χ2v) is 5.90. The van der Waals surface area contributed by atoms with Crippen molar-refractivity contribution in [1.82, 2.24) is 20.4 Å². The zero-order valence-corrected chi connectivity index (χ0v) is 14.0. The Balaban J connectivity index is 1.90. The summed E-state index contributed by atoms with van der Waals surface area (Å²) in [5.74, 6) is -0.353. The fraction of sp³-hybridized carbons (Fsp3) is 0.412. The molecule has 0 fully saturated rings. The summed E-state index contributed by atoms with van der Waals surface area (Å²) in [7, 11) is 1.80. The second-order valence-electron chi connectivity index (χ2n) is 5.90. The third-order valence-corrected chi connectivity index (χ3v) is 3.81. The first-order valence-corrected chi connectivity index (χ1v) is 7.61. The van der Waals surface area contributed by atoms with E-state index < -0.39 is 0 Å². The van der Waals surface area contributed by atoms with Crippen LogP contribution in [0.1, 0.15) is 35.5 Å². The molecule has 124 valence electrons. The number of aromatic nitrogens is 2. The highest BCUT2D eigenvalue weighted by Crippen LogP contribution is 2.18. The first kappa shape index (κ1) is 17.1. The molecule has 2 aromatic rings. The van der Waals surface area contributed by atoms with E-state index in [9.17, 15) is 9.18 Å². The molecule has 0 aliphatic rings. The average Bonchev–Trinajstić information content (AvgIpc) is 2.80. The minimum Gasteiger partial charge on any atom is -0.348 e. The number of benzene rings is 1. The predicted molar refractivity (Wildman–Crippen MR) is 87.4 cm³/mol. The van der Waals surface area contributed by atoms with Crippen LogP contribution < -0.4 is 5.32 Å². The van der Waals surface area contributed by atoms with Crippen molar-refractivity contribution in [2.45, 2.75) is 33.4 Å². The molecule has 0 radical (unpaired) electrons. The summed E-state index contributed by atoms with van der Waals surface area (Å²) in [6.45, 7) is 6.36. The summed E-state index contributed by atoms with van der Waals surface area (Å²) in [5.41, 5.74) is 3.43. The van der Waals surface area contributed by atoms with Gasteiger partial charge in [-0.25, -0.2) is 4.39 Å². The molecule has 1 amide bonds. The van der Waals surface area contributed by atoms with Crippen LogP contribution >= 0.6 is 0 Å². The molecular formula is C17H23FN4O. The van der Waals surface area contributed by atoms with E-state index in [-0.39, 0.29) is 24.3 Å². The van der Waals surface area contributed by atoms with Crippen molar-refractivity contribution in [1.29, 1.82) is 0 Å². The van der Waals surface area contributed by atoms with Gasteiger partial charge in [-0.05, 0) is 33.9 Å². The minimum absolute atomic E-state index is 0.101. The normalized spacial score (nSPS) is 12.4. The Bertz CT molecular complexity index is 663. The molecule has 1 atom stereocenters. The molecule has 0 bridgehead atoms. The van der Waals surface area contributed by atoms with E-state index in [1.54, 1.807) is 30.1 Å². The lowest BCUT2D eigenvalue weighted by Crippen LogP contribution is -2.36. The largest absolute Gasteiger partial charge is 0.348 e. The van der Waals surface area contributed by atoms with Gasteiger partial charge in [-0.15, -0.1) is 0 Å². The lowest BCUT2D eigenvalue weighted by atomic mass is 10.1. The van der Waals surface area contributed by atoms with E-state index in [0.717, 1.165) is 17.0 Å². The fourth-order valence-electron chi connectivity index (χ4n) is 2.78. The molecule has 1 aromatic carbocycles. The van der Waals surface area contributed by atoms with Gasteiger partial charge in [0, 0.05) is 23.4 Å². The number of hydrogen-bond donors (Lipinski definition) is 2. The third-order valence-electron chi connectivity index (χ3n) is 3.81. The molecule has 1 aromatic heterocycles. The number of nitrogens with one attached hydrogen (secondary N) is 2. The van der Waals surface area contributed by atoms with Crippen LogP contribution in [0.2, 0.25) is 0 Å². The van der Waals surface area contributed by atoms with Crippen LogP contribution in [0.25, 0.3) is 0 Å². The Kier molecular flexibility index (Phi) is 5.50. The van der Waals surface area contributed by atoms with E-state index in [2.05, 4.69) is 15.5 Å². The van der Waals surface area contributed by atoms with Gasteiger partial charge in [0.05, 0.1) is 18.3 Å². The van der Waals surface area contributed by atoms with Crippen molar-refractivity contribution in [2.24, 2.45) is 0 Å². The Hall–Kier alpha value is -2.21. The molecule has 5 nitrogen and oxygen atoms in total. The quantitative estimate of drug-likeness (QED) is 0.860. The standard InChI is InChI=1S/C17H23FN4O/c1-11(17-12(2)20-21-13(17)3)19-16(23)10-22(4)9-14-7-5-6-8-15(14)18/h5-8,11H,9-10H2,1-4H3,(H,19,23)(H,20,21)/t11-/m1/s1. The average molecular weight is 318 g/mol. The number of amides is 1. The number of nitrogens with zero attached hydrogens (tertiary/aromatic N) is 2. The molecule has 23 heavy (non-hydrogen) atoms. The first-order valence-electron chi connectivity index (χ1n) is 7.61. The Morgan fingerprint density at radius 1 is 1.39 bits per heavy atom. The van der Waals surface area contributed by atoms with Crippen LogP contribution in [-0.2, 0) is 11.3 Å². The summed E-state index contributed by atoms with van der Waals surface area (Å²) in [5, 5.41) is 10.0.